The lowest BCUT2D eigenvalue weighted by molar-refractivity contribution is -0.118. The third-order valence-electron chi connectivity index (χ3n) is 5.32. The number of nitrogens with zero attached hydrogens (tertiary/aromatic N) is 3. The lowest BCUT2D eigenvalue weighted by atomic mass is 9.96. The molecule has 0 fully saturated rings. The number of fused-ring (bicyclic) bond motifs is 2. The Bertz CT molecular complexity index is 1200. The standard InChI is InChI=1S/C22H21N5O/c1-13-8-17(28)9-15-4-3-5-18(21(15)24-13)14-6-7-20-19(10-14)22(26-25-20)16-11-23-27(2)12-16/h3-7,10-13,24H,8-9H2,1-2H3,(H,25,26)/t13-/m1/s1. The van der Waals surface area contributed by atoms with Crippen LogP contribution in [0.4, 0.5) is 5.69 Å². The third kappa shape index (κ3) is 2.78. The minimum absolute atomic E-state index is 0.124. The lowest BCUT2D eigenvalue weighted by Gasteiger charge is -2.17. The van der Waals surface area contributed by atoms with E-state index < -0.39 is 0 Å². The van der Waals surface area contributed by atoms with Gasteiger partial charge >= 0.3 is 0 Å². The maximum absolute atomic E-state index is 12.2. The molecule has 4 aromatic rings. The van der Waals surface area contributed by atoms with Gasteiger partial charge in [-0.15, -0.1) is 0 Å². The van der Waals surface area contributed by atoms with Crippen LogP contribution >= 0.6 is 0 Å². The highest BCUT2D eigenvalue weighted by Gasteiger charge is 2.21. The Morgan fingerprint density at radius 3 is 2.89 bits per heavy atom. The molecule has 0 saturated heterocycles. The molecule has 28 heavy (non-hydrogen) atoms. The van der Waals surface area contributed by atoms with Gasteiger partial charge in [-0.25, -0.2) is 0 Å². The Balaban J connectivity index is 1.66. The van der Waals surface area contributed by atoms with Crippen LogP contribution in [0, 0.1) is 0 Å². The molecular formula is C22H21N5O. The lowest BCUT2D eigenvalue weighted by Crippen LogP contribution is -2.17. The average Bonchev–Trinajstić information content (AvgIpc) is 3.24. The summed E-state index contributed by atoms with van der Waals surface area (Å²) in [5.74, 6) is 0.278. The summed E-state index contributed by atoms with van der Waals surface area (Å²) >= 11 is 0. The van der Waals surface area contributed by atoms with E-state index in [4.69, 9.17) is 0 Å². The topological polar surface area (TPSA) is 75.6 Å². The minimum Gasteiger partial charge on any atom is -0.381 e. The molecule has 2 N–H and O–H groups in total. The number of carbonyl (C=O) groups excluding carboxylic acids is 1. The second-order valence-corrected chi connectivity index (χ2v) is 7.54. The number of aromatic amines is 1. The van der Waals surface area contributed by atoms with Crippen LogP contribution in [0.2, 0.25) is 0 Å². The van der Waals surface area contributed by atoms with E-state index in [1.807, 2.05) is 31.6 Å². The molecule has 6 heteroatoms. The maximum atomic E-state index is 12.2. The molecule has 6 nitrogen and oxygen atoms in total. The van der Waals surface area contributed by atoms with Gasteiger partial charge in [0.2, 0.25) is 0 Å². The number of hydrogen-bond acceptors (Lipinski definition) is 4. The van der Waals surface area contributed by atoms with Crippen molar-refractivity contribution in [3.05, 3.63) is 54.4 Å². The number of aromatic nitrogens is 4. The second kappa shape index (κ2) is 6.34. The Hall–Kier alpha value is -3.41. The average molecular weight is 371 g/mol. The first-order valence-electron chi connectivity index (χ1n) is 9.46. The Kier molecular flexibility index (Phi) is 3.79. The molecule has 1 atom stereocenters. The van der Waals surface area contributed by atoms with Gasteiger partial charge in [-0.1, -0.05) is 24.3 Å². The molecule has 3 heterocycles. The van der Waals surface area contributed by atoms with Crippen LogP contribution < -0.4 is 5.32 Å². The number of carbonyl (C=O) groups is 1. The van der Waals surface area contributed by atoms with E-state index >= 15 is 0 Å². The van der Waals surface area contributed by atoms with E-state index in [0.29, 0.717) is 12.8 Å². The molecule has 5 rings (SSSR count). The van der Waals surface area contributed by atoms with Crippen molar-refractivity contribution in [2.24, 2.45) is 7.05 Å². The molecule has 2 aromatic carbocycles. The summed E-state index contributed by atoms with van der Waals surface area (Å²) in [6.45, 7) is 2.06. The first-order valence-corrected chi connectivity index (χ1v) is 9.46. The van der Waals surface area contributed by atoms with Crippen molar-refractivity contribution in [3.8, 4) is 22.4 Å². The number of aryl methyl sites for hydroxylation is 1. The highest BCUT2D eigenvalue weighted by Crippen LogP contribution is 2.36. The smallest absolute Gasteiger partial charge is 0.139 e. The fourth-order valence-electron chi connectivity index (χ4n) is 4.03. The summed E-state index contributed by atoms with van der Waals surface area (Å²) < 4.78 is 1.78. The summed E-state index contributed by atoms with van der Waals surface area (Å²) in [6, 6.07) is 12.6. The molecule has 1 aliphatic rings. The van der Waals surface area contributed by atoms with Gasteiger partial charge in [0.25, 0.3) is 0 Å². The zero-order valence-corrected chi connectivity index (χ0v) is 15.9. The number of rotatable bonds is 2. The van der Waals surface area contributed by atoms with Crippen molar-refractivity contribution in [2.45, 2.75) is 25.8 Å². The van der Waals surface area contributed by atoms with Crippen molar-refractivity contribution in [1.82, 2.24) is 20.0 Å². The molecule has 2 aromatic heterocycles. The Morgan fingerprint density at radius 1 is 1.18 bits per heavy atom. The summed E-state index contributed by atoms with van der Waals surface area (Å²) in [4.78, 5) is 12.2. The molecule has 0 radical (unpaired) electrons. The van der Waals surface area contributed by atoms with Gasteiger partial charge in [0.05, 0.1) is 11.7 Å². The van der Waals surface area contributed by atoms with E-state index in [9.17, 15) is 4.79 Å². The highest BCUT2D eigenvalue weighted by atomic mass is 16.1. The summed E-state index contributed by atoms with van der Waals surface area (Å²) in [7, 11) is 1.90. The third-order valence-corrected chi connectivity index (χ3v) is 5.32. The normalized spacial score (nSPS) is 16.6. The molecule has 0 amide bonds. The van der Waals surface area contributed by atoms with Crippen LogP contribution in [0.1, 0.15) is 18.9 Å². The summed E-state index contributed by atoms with van der Waals surface area (Å²) in [5.41, 5.74) is 7.20. The van der Waals surface area contributed by atoms with Crippen LogP contribution in [0.3, 0.4) is 0 Å². The molecule has 0 bridgehead atoms. The summed E-state index contributed by atoms with van der Waals surface area (Å²) in [5, 5.41) is 16.5. The number of Topliss-reactive ketones (excluding diaryl/α,β-unsaturated/α-hetero) is 1. The summed E-state index contributed by atoms with van der Waals surface area (Å²) in [6.07, 6.45) is 4.83. The van der Waals surface area contributed by atoms with Gasteiger partial charge < -0.3 is 5.32 Å². The Labute approximate surface area is 162 Å². The van der Waals surface area contributed by atoms with Crippen LogP contribution in [-0.4, -0.2) is 31.8 Å². The molecule has 0 aliphatic carbocycles. The van der Waals surface area contributed by atoms with Crippen molar-refractivity contribution in [1.29, 1.82) is 0 Å². The molecule has 140 valence electrons. The van der Waals surface area contributed by atoms with Gasteiger partial charge in [-0.3, -0.25) is 14.6 Å². The van der Waals surface area contributed by atoms with E-state index in [1.54, 1.807) is 4.68 Å². The number of benzene rings is 2. The Morgan fingerprint density at radius 2 is 2.07 bits per heavy atom. The predicted molar refractivity (Wildman–Crippen MR) is 110 cm³/mol. The van der Waals surface area contributed by atoms with Crippen LogP contribution in [0.15, 0.2) is 48.8 Å². The molecular weight excluding hydrogens is 350 g/mol. The zero-order valence-electron chi connectivity index (χ0n) is 15.9. The van der Waals surface area contributed by atoms with Crippen LogP contribution in [0.5, 0.6) is 0 Å². The van der Waals surface area contributed by atoms with Crippen molar-refractivity contribution in [2.75, 3.05) is 5.32 Å². The fraction of sp³-hybridized carbons (Fsp3) is 0.227. The fourth-order valence-corrected chi connectivity index (χ4v) is 4.03. The minimum atomic E-state index is 0.124. The first kappa shape index (κ1) is 16.7. The SMILES string of the molecule is C[C@@H]1CC(=O)Cc2cccc(-c3ccc4[nH]nc(-c5cnn(C)c5)c4c3)c2N1. The van der Waals surface area contributed by atoms with Gasteiger partial charge in [-0.2, -0.15) is 10.2 Å². The van der Waals surface area contributed by atoms with Gasteiger partial charge in [0.15, 0.2) is 0 Å². The van der Waals surface area contributed by atoms with Gasteiger partial charge in [0, 0.05) is 54.3 Å². The molecule has 0 spiro atoms. The number of anilines is 1. The van der Waals surface area contributed by atoms with E-state index in [-0.39, 0.29) is 11.8 Å². The van der Waals surface area contributed by atoms with Crippen LogP contribution in [0.25, 0.3) is 33.3 Å². The molecule has 0 unspecified atom stereocenters. The maximum Gasteiger partial charge on any atom is 0.139 e. The monoisotopic (exact) mass is 371 g/mol. The zero-order chi connectivity index (χ0) is 19.3. The number of ketones is 1. The quantitative estimate of drug-likeness (QED) is 0.559. The highest BCUT2D eigenvalue weighted by molar-refractivity contribution is 5.97. The van der Waals surface area contributed by atoms with Crippen molar-refractivity contribution in [3.63, 3.8) is 0 Å². The molecule has 1 aliphatic heterocycles. The van der Waals surface area contributed by atoms with Crippen molar-refractivity contribution >= 4 is 22.4 Å². The largest absolute Gasteiger partial charge is 0.381 e. The number of H-pyrrole nitrogens is 1. The van der Waals surface area contributed by atoms with E-state index in [2.05, 4.69) is 51.8 Å². The van der Waals surface area contributed by atoms with Gasteiger partial charge in [-0.05, 0) is 30.2 Å². The van der Waals surface area contributed by atoms with Crippen LogP contribution in [-0.2, 0) is 18.3 Å². The second-order valence-electron chi connectivity index (χ2n) is 7.54. The van der Waals surface area contributed by atoms with E-state index in [1.165, 1.54) is 0 Å². The van der Waals surface area contributed by atoms with E-state index in [0.717, 1.165) is 44.5 Å². The van der Waals surface area contributed by atoms with Gasteiger partial charge in [0.1, 0.15) is 11.5 Å². The number of nitrogens with one attached hydrogen (secondary N) is 2. The number of hydrogen-bond donors (Lipinski definition) is 2. The first-order chi connectivity index (χ1) is 13.6. The number of para-hydroxylation sites is 1. The predicted octanol–water partition coefficient (Wildman–Crippen LogP) is 3.95. The molecule has 0 saturated carbocycles. The van der Waals surface area contributed by atoms with Crippen molar-refractivity contribution < 1.29 is 4.79 Å².